The number of piperidine rings is 1. The van der Waals surface area contributed by atoms with Crippen molar-refractivity contribution in [3.05, 3.63) is 23.2 Å². The zero-order valence-corrected chi connectivity index (χ0v) is 15.5. The van der Waals surface area contributed by atoms with Crippen LogP contribution in [-0.2, 0) is 9.53 Å². The summed E-state index contributed by atoms with van der Waals surface area (Å²) in [4.78, 5) is 19.1. The Bertz CT molecular complexity index is 772. The average Bonchev–Trinajstić information content (AvgIpc) is 3.06. The number of rotatable bonds is 4. The third kappa shape index (κ3) is 4.13. The molecular weight excluding hydrogens is 354 g/mol. The molecule has 6 nitrogen and oxygen atoms in total. The van der Waals surface area contributed by atoms with Crippen molar-refractivity contribution in [2.45, 2.75) is 38.1 Å². The first-order valence-electron chi connectivity index (χ1n) is 9.35. The van der Waals surface area contributed by atoms with Crippen LogP contribution < -0.4 is 10.2 Å². The second-order valence-corrected chi connectivity index (χ2v) is 7.66. The van der Waals surface area contributed by atoms with Crippen LogP contribution in [0.1, 0.15) is 32.1 Å². The van der Waals surface area contributed by atoms with Gasteiger partial charge in [0.05, 0.1) is 0 Å². The number of fused-ring (bicyclic) bond motifs is 1. The highest BCUT2D eigenvalue weighted by Crippen LogP contribution is 2.29. The van der Waals surface area contributed by atoms with Gasteiger partial charge in [0.1, 0.15) is 5.52 Å². The summed E-state index contributed by atoms with van der Waals surface area (Å²) >= 11 is 6.02. The molecule has 7 heteroatoms. The minimum Gasteiger partial charge on any atom is -0.423 e. The lowest BCUT2D eigenvalue weighted by Gasteiger charge is -2.32. The summed E-state index contributed by atoms with van der Waals surface area (Å²) in [6.07, 6.45) is 4.47. The Kier molecular flexibility index (Phi) is 5.31. The van der Waals surface area contributed by atoms with Crippen LogP contribution in [-0.4, -0.2) is 43.2 Å². The van der Waals surface area contributed by atoms with Crippen molar-refractivity contribution in [2.75, 3.05) is 31.2 Å². The number of carbonyl (C=O) groups excluding carboxylic acids is 1. The molecule has 1 aromatic carbocycles. The molecule has 0 bridgehead atoms. The predicted molar refractivity (Wildman–Crippen MR) is 101 cm³/mol. The first kappa shape index (κ1) is 17.6. The SMILES string of the molecule is O=C(CC1CCCN(c2nc3ccc(Cl)cc3o2)C1)NC1CCOCC1. The van der Waals surface area contributed by atoms with E-state index in [1.807, 2.05) is 12.1 Å². The van der Waals surface area contributed by atoms with Crippen molar-refractivity contribution in [1.82, 2.24) is 10.3 Å². The van der Waals surface area contributed by atoms with E-state index in [0.717, 1.165) is 57.5 Å². The van der Waals surface area contributed by atoms with Crippen LogP contribution in [0.15, 0.2) is 22.6 Å². The van der Waals surface area contributed by atoms with E-state index in [-0.39, 0.29) is 11.9 Å². The highest BCUT2D eigenvalue weighted by Gasteiger charge is 2.26. The van der Waals surface area contributed by atoms with E-state index in [9.17, 15) is 4.79 Å². The molecule has 2 aliphatic heterocycles. The number of hydrogen-bond donors (Lipinski definition) is 1. The van der Waals surface area contributed by atoms with Gasteiger partial charge in [0.25, 0.3) is 6.01 Å². The number of hydrogen-bond acceptors (Lipinski definition) is 5. The maximum absolute atomic E-state index is 12.4. The molecule has 2 aromatic rings. The molecule has 2 aliphatic rings. The maximum atomic E-state index is 12.4. The first-order valence-corrected chi connectivity index (χ1v) is 9.73. The van der Waals surface area contributed by atoms with Gasteiger partial charge in [-0.1, -0.05) is 11.6 Å². The molecule has 1 unspecified atom stereocenters. The number of benzene rings is 1. The number of amides is 1. The third-order valence-corrected chi connectivity index (χ3v) is 5.42. The van der Waals surface area contributed by atoms with E-state index in [1.165, 1.54) is 0 Å². The lowest BCUT2D eigenvalue weighted by atomic mass is 9.94. The van der Waals surface area contributed by atoms with Crippen molar-refractivity contribution in [3.63, 3.8) is 0 Å². The molecule has 0 spiro atoms. The minimum absolute atomic E-state index is 0.146. The largest absolute Gasteiger partial charge is 0.423 e. The fourth-order valence-electron chi connectivity index (χ4n) is 3.82. The number of oxazole rings is 1. The van der Waals surface area contributed by atoms with Crippen molar-refractivity contribution < 1.29 is 13.9 Å². The smallest absolute Gasteiger partial charge is 0.298 e. The van der Waals surface area contributed by atoms with Gasteiger partial charge >= 0.3 is 0 Å². The average molecular weight is 378 g/mol. The van der Waals surface area contributed by atoms with Crippen LogP contribution in [0.2, 0.25) is 5.02 Å². The van der Waals surface area contributed by atoms with E-state index in [4.69, 9.17) is 20.8 Å². The Morgan fingerprint density at radius 2 is 2.15 bits per heavy atom. The summed E-state index contributed by atoms with van der Waals surface area (Å²) < 4.78 is 11.2. The quantitative estimate of drug-likeness (QED) is 0.884. The molecule has 2 fully saturated rings. The zero-order chi connectivity index (χ0) is 17.9. The molecular formula is C19H24ClN3O3. The van der Waals surface area contributed by atoms with Gasteiger partial charge in [0.15, 0.2) is 5.58 Å². The molecule has 1 amide bonds. The highest BCUT2D eigenvalue weighted by atomic mass is 35.5. The summed E-state index contributed by atoms with van der Waals surface area (Å²) in [5.41, 5.74) is 1.51. The molecule has 1 N–H and O–H groups in total. The van der Waals surface area contributed by atoms with E-state index in [1.54, 1.807) is 6.07 Å². The summed E-state index contributed by atoms with van der Waals surface area (Å²) in [7, 11) is 0. The third-order valence-electron chi connectivity index (χ3n) is 5.19. The number of ether oxygens (including phenoxy) is 1. The molecule has 26 heavy (non-hydrogen) atoms. The van der Waals surface area contributed by atoms with E-state index in [0.29, 0.717) is 29.0 Å². The van der Waals surface area contributed by atoms with Crippen molar-refractivity contribution in [1.29, 1.82) is 0 Å². The normalized spacial score (nSPS) is 21.9. The van der Waals surface area contributed by atoms with Crippen molar-refractivity contribution in [2.24, 2.45) is 5.92 Å². The monoisotopic (exact) mass is 377 g/mol. The Labute approximate surface area is 157 Å². The number of aromatic nitrogens is 1. The molecule has 1 atom stereocenters. The molecule has 4 rings (SSSR count). The lowest BCUT2D eigenvalue weighted by molar-refractivity contribution is -0.123. The van der Waals surface area contributed by atoms with Gasteiger partial charge in [-0.3, -0.25) is 4.79 Å². The number of nitrogens with one attached hydrogen (secondary N) is 1. The second-order valence-electron chi connectivity index (χ2n) is 7.22. The van der Waals surface area contributed by atoms with Crippen molar-refractivity contribution in [3.8, 4) is 0 Å². The highest BCUT2D eigenvalue weighted by molar-refractivity contribution is 6.31. The van der Waals surface area contributed by atoms with Gasteiger partial charge in [-0.2, -0.15) is 4.98 Å². The Hall–Kier alpha value is -1.79. The predicted octanol–water partition coefficient (Wildman–Crippen LogP) is 3.38. The summed E-state index contributed by atoms with van der Waals surface area (Å²) in [6, 6.07) is 6.36. The summed E-state index contributed by atoms with van der Waals surface area (Å²) in [6.45, 7) is 3.17. The molecule has 0 aliphatic carbocycles. The first-order chi connectivity index (χ1) is 12.7. The molecule has 0 saturated carbocycles. The number of nitrogens with zero attached hydrogens (tertiary/aromatic N) is 2. The molecule has 3 heterocycles. The van der Waals surface area contributed by atoms with Crippen LogP contribution in [0, 0.1) is 5.92 Å². The molecule has 2 saturated heterocycles. The second kappa shape index (κ2) is 7.84. The Morgan fingerprint density at radius 3 is 3.00 bits per heavy atom. The molecule has 140 valence electrons. The summed E-state index contributed by atoms with van der Waals surface area (Å²) in [5.74, 6) is 0.468. The van der Waals surface area contributed by atoms with Crippen LogP contribution in [0.25, 0.3) is 11.1 Å². The standard InChI is InChI=1S/C19H24ClN3O3/c20-14-3-4-16-17(11-14)26-19(22-16)23-7-1-2-13(12-23)10-18(24)21-15-5-8-25-9-6-15/h3-4,11,13,15H,1-2,5-10,12H2,(H,21,24). The molecule has 1 aromatic heterocycles. The van der Waals surface area contributed by atoms with Crippen LogP contribution in [0.3, 0.4) is 0 Å². The van der Waals surface area contributed by atoms with E-state index >= 15 is 0 Å². The minimum atomic E-state index is 0.146. The van der Waals surface area contributed by atoms with Gasteiger partial charge in [0, 0.05) is 49.9 Å². The van der Waals surface area contributed by atoms with E-state index < -0.39 is 0 Å². The Balaban J connectivity index is 1.36. The van der Waals surface area contributed by atoms with Gasteiger partial charge in [-0.05, 0) is 43.7 Å². The topological polar surface area (TPSA) is 67.6 Å². The molecule has 0 radical (unpaired) electrons. The maximum Gasteiger partial charge on any atom is 0.298 e. The number of carbonyl (C=O) groups is 1. The van der Waals surface area contributed by atoms with Crippen LogP contribution in [0.4, 0.5) is 6.01 Å². The van der Waals surface area contributed by atoms with Gasteiger partial charge in [0.2, 0.25) is 5.91 Å². The van der Waals surface area contributed by atoms with Gasteiger partial charge in [-0.15, -0.1) is 0 Å². The Morgan fingerprint density at radius 1 is 1.31 bits per heavy atom. The van der Waals surface area contributed by atoms with Gasteiger partial charge < -0.3 is 19.4 Å². The fourth-order valence-corrected chi connectivity index (χ4v) is 3.98. The zero-order valence-electron chi connectivity index (χ0n) is 14.7. The van der Waals surface area contributed by atoms with E-state index in [2.05, 4.69) is 15.2 Å². The number of halogens is 1. The van der Waals surface area contributed by atoms with Crippen molar-refractivity contribution >= 4 is 34.6 Å². The number of anilines is 1. The summed E-state index contributed by atoms with van der Waals surface area (Å²) in [5, 5.41) is 3.80. The van der Waals surface area contributed by atoms with Crippen LogP contribution >= 0.6 is 11.6 Å². The van der Waals surface area contributed by atoms with Gasteiger partial charge in [-0.25, -0.2) is 0 Å². The van der Waals surface area contributed by atoms with Crippen LogP contribution in [0.5, 0.6) is 0 Å². The lowest BCUT2D eigenvalue weighted by Crippen LogP contribution is -2.42. The fraction of sp³-hybridized carbons (Fsp3) is 0.579.